The van der Waals surface area contributed by atoms with Gasteiger partial charge in [-0.15, -0.1) is 0 Å². The lowest BCUT2D eigenvalue weighted by molar-refractivity contribution is -0.149. The van der Waals surface area contributed by atoms with Crippen LogP contribution >= 0.6 is 11.6 Å². The van der Waals surface area contributed by atoms with Crippen LogP contribution in [0, 0.1) is 11.7 Å². The van der Waals surface area contributed by atoms with Gasteiger partial charge in [-0.1, -0.05) is 41.9 Å². The number of nitrogens with zero attached hydrogens (tertiary/aromatic N) is 2. The second-order valence-corrected chi connectivity index (χ2v) is 9.38. The molecule has 1 unspecified atom stereocenters. The summed E-state index contributed by atoms with van der Waals surface area (Å²) in [6, 6.07) is 17.5. The monoisotopic (exact) mass is 512 g/mol. The van der Waals surface area contributed by atoms with E-state index in [1.807, 2.05) is 30.3 Å². The summed E-state index contributed by atoms with van der Waals surface area (Å²) in [7, 11) is 0. The van der Waals surface area contributed by atoms with Gasteiger partial charge in [0.2, 0.25) is 0 Å². The number of hydrogen-bond donors (Lipinski definition) is 0. The number of benzene rings is 2. The molecule has 1 atom stereocenters. The van der Waals surface area contributed by atoms with Gasteiger partial charge < -0.3 is 14.1 Å². The molecule has 1 aliphatic rings. The molecular weight excluding hydrogens is 483 g/mol. The van der Waals surface area contributed by atoms with Crippen LogP contribution in [0.15, 0.2) is 65.1 Å². The van der Waals surface area contributed by atoms with Crippen molar-refractivity contribution >= 4 is 23.5 Å². The van der Waals surface area contributed by atoms with Crippen LogP contribution < -0.4 is 0 Å². The van der Waals surface area contributed by atoms with Crippen LogP contribution in [0.25, 0.3) is 0 Å². The molecule has 1 fully saturated rings. The molecule has 1 saturated heterocycles. The SMILES string of the molecule is CCOC(=O)C1CCCN(C(=O)c2ccc(CN(Cc3cccc(F)c3)Cc3ccccc3Cl)o2)C1. The minimum atomic E-state index is -0.311. The van der Waals surface area contributed by atoms with Crippen LogP contribution in [-0.4, -0.2) is 41.4 Å². The maximum atomic E-state index is 13.8. The van der Waals surface area contributed by atoms with Gasteiger partial charge in [-0.25, -0.2) is 4.39 Å². The van der Waals surface area contributed by atoms with Crippen molar-refractivity contribution in [1.82, 2.24) is 9.80 Å². The molecule has 0 bridgehead atoms. The van der Waals surface area contributed by atoms with Crippen LogP contribution in [0.1, 0.15) is 47.2 Å². The number of carbonyl (C=O) groups excluding carboxylic acids is 2. The molecule has 1 aliphatic heterocycles. The van der Waals surface area contributed by atoms with Gasteiger partial charge >= 0.3 is 5.97 Å². The summed E-state index contributed by atoms with van der Waals surface area (Å²) in [6.07, 6.45) is 1.45. The molecule has 4 rings (SSSR count). The molecule has 190 valence electrons. The van der Waals surface area contributed by atoms with E-state index in [1.54, 1.807) is 30.0 Å². The van der Waals surface area contributed by atoms with E-state index in [9.17, 15) is 14.0 Å². The van der Waals surface area contributed by atoms with Crippen molar-refractivity contribution in [2.24, 2.45) is 5.92 Å². The maximum absolute atomic E-state index is 13.8. The second kappa shape index (κ2) is 12.2. The van der Waals surface area contributed by atoms with Gasteiger partial charge in [-0.05, 0) is 61.2 Å². The van der Waals surface area contributed by atoms with E-state index in [4.69, 9.17) is 20.8 Å². The lowest BCUT2D eigenvalue weighted by Crippen LogP contribution is -2.42. The van der Waals surface area contributed by atoms with E-state index in [0.29, 0.717) is 56.5 Å². The number of esters is 1. The van der Waals surface area contributed by atoms with Crippen molar-refractivity contribution in [1.29, 1.82) is 0 Å². The fourth-order valence-corrected chi connectivity index (χ4v) is 4.69. The van der Waals surface area contributed by atoms with Crippen molar-refractivity contribution in [3.05, 3.63) is 94.2 Å². The Bertz CT molecular complexity index is 1200. The van der Waals surface area contributed by atoms with Gasteiger partial charge in [0.15, 0.2) is 5.76 Å². The molecule has 0 N–H and O–H groups in total. The lowest BCUT2D eigenvalue weighted by atomic mass is 9.98. The summed E-state index contributed by atoms with van der Waals surface area (Å²) < 4.78 is 24.9. The summed E-state index contributed by atoms with van der Waals surface area (Å²) in [5.41, 5.74) is 1.76. The fraction of sp³-hybridized carbons (Fsp3) is 0.357. The van der Waals surface area contributed by atoms with Gasteiger partial charge in [-0.3, -0.25) is 14.5 Å². The normalized spacial score (nSPS) is 15.8. The Balaban J connectivity index is 1.47. The average molecular weight is 513 g/mol. The minimum Gasteiger partial charge on any atom is -0.466 e. The summed E-state index contributed by atoms with van der Waals surface area (Å²) >= 11 is 6.39. The molecule has 0 spiro atoms. The molecule has 1 aromatic heterocycles. The molecule has 8 heteroatoms. The van der Waals surface area contributed by atoms with Crippen LogP contribution in [0.5, 0.6) is 0 Å². The zero-order valence-electron chi connectivity index (χ0n) is 20.3. The van der Waals surface area contributed by atoms with E-state index in [2.05, 4.69) is 4.90 Å². The van der Waals surface area contributed by atoms with E-state index in [1.165, 1.54) is 12.1 Å². The van der Waals surface area contributed by atoms with Gasteiger partial charge in [-0.2, -0.15) is 0 Å². The molecule has 6 nitrogen and oxygen atoms in total. The van der Waals surface area contributed by atoms with Crippen molar-refractivity contribution in [3.63, 3.8) is 0 Å². The van der Waals surface area contributed by atoms with Crippen LogP contribution in [0.3, 0.4) is 0 Å². The largest absolute Gasteiger partial charge is 0.466 e. The number of likely N-dealkylation sites (tertiary alicyclic amines) is 1. The Kier molecular flexibility index (Phi) is 8.78. The standard InChI is InChI=1S/C28H30ClFN2O4/c1-2-35-28(34)22-9-6-14-32(18-22)27(33)26-13-12-24(36-26)19-31(16-20-7-5-10-23(30)15-20)17-21-8-3-4-11-25(21)29/h3-5,7-8,10-13,15,22H,2,6,9,14,16-19H2,1H3. The molecule has 1 amide bonds. The van der Waals surface area contributed by atoms with Crippen LogP contribution in [0.4, 0.5) is 4.39 Å². The summed E-state index contributed by atoms with van der Waals surface area (Å²) in [5, 5.41) is 0.651. The van der Waals surface area contributed by atoms with Crippen molar-refractivity contribution in [2.75, 3.05) is 19.7 Å². The highest BCUT2D eigenvalue weighted by Crippen LogP contribution is 2.23. The average Bonchev–Trinajstić information content (AvgIpc) is 3.33. The number of carbonyl (C=O) groups is 2. The number of halogens is 2. The third-order valence-corrected chi connectivity index (χ3v) is 6.60. The lowest BCUT2D eigenvalue weighted by Gasteiger charge is -2.30. The molecule has 3 aromatic rings. The fourth-order valence-electron chi connectivity index (χ4n) is 4.50. The highest BCUT2D eigenvalue weighted by Gasteiger charge is 2.31. The molecule has 0 aliphatic carbocycles. The molecule has 0 radical (unpaired) electrons. The number of furan rings is 1. The minimum absolute atomic E-state index is 0.234. The third-order valence-electron chi connectivity index (χ3n) is 6.23. The maximum Gasteiger partial charge on any atom is 0.310 e. The first-order chi connectivity index (χ1) is 17.4. The number of ether oxygens (including phenoxy) is 1. The molecule has 36 heavy (non-hydrogen) atoms. The smallest absolute Gasteiger partial charge is 0.310 e. The molecule has 2 heterocycles. The van der Waals surface area contributed by atoms with Gasteiger partial charge in [0.25, 0.3) is 5.91 Å². The predicted octanol–water partition coefficient (Wildman–Crippen LogP) is 5.69. The van der Waals surface area contributed by atoms with E-state index in [0.717, 1.165) is 17.5 Å². The molecule has 2 aromatic carbocycles. The third kappa shape index (κ3) is 6.74. The Morgan fingerprint density at radius 2 is 1.94 bits per heavy atom. The number of piperidine rings is 1. The van der Waals surface area contributed by atoms with Crippen LogP contribution in [-0.2, 0) is 29.2 Å². The van der Waals surface area contributed by atoms with E-state index < -0.39 is 0 Å². The molecule has 0 saturated carbocycles. The first kappa shape index (κ1) is 25.9. The van der Waals surface area contributed by atoms with Crippen molar-refractivity contribution in [2.45, 2.75) is 39.4 Å². The zero-order chi connectivity index (χ0) is 25.5. The second-order valence-electron chi connectivity index (χ2n) is 8.97. The Hall–Kier alpha value is -3.16. The Morgan fingerprint density at radius 3 is 2.72 bits per heavy atom. The Morgan fingerprint density at radius 1 is 1.11 bits per heavy atom. The van der Waals surface area contributed by atoms with E-state index in [-0.39, 0.29) is 29.4 Å². The quantitative estimate of drug-likeness (QED) is 0.345. The van der Waals surface area contributed by atoms with E-state index >= 15 is 0 Å². The predicted molar refractivity (Wildman–Crippen MR) is 135 cm³/mol. The first-order valence-electron chi connectivity index (χ1n) is 12.2. The van der Waals surface area contributed by atoms with Crippen molar-refractivity contribution in [3.8, 4) is 0 Å². The Labute approximate surface area is 215 Å². The zero-order valence-corrected chi connectivity index (χ0v) is 21.0. The molecular formula is C28H30ClFN2O4. The van der Waals surface area contributed by atoms with Gasteiger partial charge in [0.1, 0.15) is 11.6 Å². The summed E-state index contributed by atoms with van der Waals surface area (Å²) in [6.45, 7) is 4.39. The highest BCUT2D eigenvalue weighted by molar-refractivity contribution is 6.31. The first-order valence-corrected chi connectivity index (χ1v) is 12.6. The topological polar surface area (TPSA) is 63.0 Å². The van der Waals surface area contributed by atoms with Gasteiger partial charge in [0.05, 0.1) is 19.1 Å². The van der Waals surface area contributed by atoms with Gasteiger partial charge in [0, 0.05) is 31.2 Å². The number of rotatable bonds is 9. The summed E-state index contributed by atoms with van der Waals surface area (Å²) in [4.78, 5) is 29.0. The summed E-state index contributed by atoms with van der Waals surface area (Å²) in [5.74, 6) is -0.257. The highest BCUT2D eigenvalue weighted by atomic mass is 35.5. The van der Waals surface area contributed by atoms with Crippen molar-refractivity contribution < 1.29 is 23.1 Å². The number of amides is 1. The van der Waals surface area contributed by atoms with Crippen LogP contribution in [0.2, 0.25) is 5.02 Å². The number of hydrogen-bond acceptors (Lipinski definition) is 5.